The molecular weight excluding hydrogens is 266 g/mol. The number of hydrogen-bond acceptors (Lipinski definition) is 0. The number of hydrogen-bond donors (Lipinski definition) is 0. The minimum atomic E-state index is 0. The second kappa shape index (κ2) is 19.5. The van der Waals surface area contributed by atoms with Crippen molar-refractivity contribution < 1.29 is 25.0 Å². The van der Waals surface area contributed by atoms with Crippen molar-refractivity contribution in [2.45, 2.75) is 0 Å². The zero-order valence-corrected chi connectivity index (χ0v) is 11.0. The van der Waals surface area contributed by atoms with Crippen molar-refractivity contribution in [1.82, 2.24) is 0 Å². The van der Waals surface area contributed by atoms with E-state index in [1.807, 2.05) is 0 Å². The molecule has 0 aromatic carbocycles. The molecule has 0 fully saturated rings. The van der Waals surface area contributed by atoms with Gasteiger partial charge in [-0.3, -0.25) is 0 Å². The Morgan fingerprint density at radius 2 is 1.00 bits per heavy atom. The van der Waals surface area contributed by atoms with Gasteiger partial charge >= 0.3 is 65.1 Å². The van der Waals surface area contributed by atoms with Crippen molar-refractivity contribution in [1.29, 1.82) is 0 Å². The first-order valence-corrected chi connectivity index (χ1v) is 0. The van der Waals surface area contributed by atoms with Gasteiger partial charge in [0, 0.05) is 0 Å². The Balaban J connectivity index is 0. The van der Waals surface area contributed by atoms with Crippen LogP contribution in [0.2, 0.25) is 0 Å². The van der Waals surface area contributed by atoms with Gasteiger partial charge in [-0.05, 0) is 0 Å². The third-order valence-electron chi connectivity index (χ3n) is 0. The summed E-state index contributed by atoms with van der Waals surface area (Å²) in [5, 5.41) is 0. The van der Waals surface area contributed by atoms with E-state index in [-0.39, 0.29) is 70.6 Å². The first-order valence-electron chi connectivity index (χ1n) is 0. The van der Waals surface area contributed by atoms with Crippen LogP contribution >= 0.6 is 0 Å². The molecule has 4 heavy (non-hydrogen) atoms. The topological polar surface area (TPSA) is 28.5 Å². The first kappa shape index (κ1) is 36.1. The maximum absolute atomic E-state index is 0. The molecule has 0 unspecified atom stereocenters. The normalized spacial score (nSPS) is 0. The van der Waals surface area contributed by atoms with Crippen LogP contribution in [0, 0.1) is 0 Å². The van der Waals surface area contributed by atoms with Crippen LogP contribution < -0.4 is 0 Å². The van der Waals surface area contributed by atoms with E-state index in [2.05, 4.69) is 0 Å². The van der Waals surface area contributed by atoms with Gasteiger partial charge in [0.05, 0.1) is 0 Å². The standard InChI is InChI=1S/Ga.In.O.Zn/q2*+3;-2;+3. The first-order chi connectivity index (χ1) is 0. The van der Waals surface area contributed by atoms with Crippen molar-refractivity contribution in [3.05, 3.63) is 0 Å². The summed E-state index contributed by atoms with van der Waals surface area (Å²) in [5.41, 5.74) is 0. The van der Waals surface area contributed by atoms with Crippen LogP contribution in [0.15, 0.2) is 0 Å². The van der Waals surface area contributed by atoms with Gasteiger partial charge in [0.25, 0.3) is 0 Å². The van der Waals surface area contributed by atoms with E-state index >= 15 is 0 Å². The van der Waals surface area contributed by atoms with Gasteiger partial charge in [-0.25, -0.2) is 0 Å². The maximum atomic E-state index is 0. The summed E-state index contributed by atoms with van der Waals surface area (Å²) in [4.78, 5) is 0. The summed E-state index contributed by atoms with van der Waals surface area (Å²) in [7, 11) is 0. The molecule has 0 aliphatic rings. The molecule has 0 saturated heterocycles. The SMILES string of the molecule is [Ga+3].[In+3].[O-2].[Zn+3]. The predicted molar refractivity (Wildman–Crippen MR) is 12.2 cm³/mol. The molecule has 7 valence electrons. The van der Waals surface area contributed by atoms with Gasteiger partial charge in [0.2, 0.25) is 0 Å². The van der Waals surface area contributed by atoms with Crippen LogP contribution in [-0.2, 0) is 25.0 Å². The molecule has 4 heteroatoms. The van der Waals surface area contributed by atoms with E-state index in [0.29, 0.717) is 0 Å². The smallest absolute Gasteiger partial charge is 2.00 e. The minimum absolute atomic E-state index is 0. The monoisotopic (exact) mass is 264 g/mol. The maximum Gasteiger partial charge on any atom is 3.00 e. The van der Waals surface area contributed by atoms with Crippen LogP contribution in [0.1, 0.15) is 0 Å². The molecule has 0 aromatic rings. The van der Waals surface area contributed by atoms with Gasteiger partial charge in [-0.2, -0.15) is 0 Å². The molecule has 0 rings (SSSR count). The third-order valence-corrected chi connectivity index (χ3v) is 0. The van der Waals surface area contributed by atoms with E-state index in [4.69, 9.17) is 0 Å². The van der Waals surface area contributed by atoms with Crippen molar-refractivity contribution in [3.63, 3.8) is 0 Å². The van der Waals surface area contributed by atoms with Crippen LogP contribution in [-0.4, -0.2) is 45.6 Å². The van der Waals surface area contributed by atoms with Crippen molar-refractivity contribution >= 4 is 45.6 Å². The molecule has 0 atom stereocenters. The van der Waals surface area contributed by atoms with Crippen molar-refractivity contribution in [2.75, 3.05) is 0 Å². The van der Waals surface area contributed by atoms with Gasteiger partial charge in [0.1, 0.15) is 0 Å². The molecule has 0 spiro atoms. The molecule has 1 nitrogen and oxygen atoms in total. The zero-order valence-electron chi connectivity index (χ0n) is 2.27. The second-order valence-corrected chi connectivity index (χ2v) is 0. The van der Waals surface area contributed by atoms with Crippen LogP contribution in [0.4, 0.5) is 0 Å². The van der Waals surface area contributed by atoms with E-state index in [0.717, 1.165) is 0 Å². The average Bonchev–Trinajstić information content (AvgIpc) is 0. The van der Waals surface area contributed by atoms with Gasteiger partial charge in [-0.15, -0.1) is 0 Å². The fourth-order valence-corrected chi connectivity index (χ4v) is 0. The van der Waals surface area contributed by atoms with Gasteiger partial charge in [0.15, 0.2) is 0 Å². The van der Waals surface area contributed by atoms with E-state index in [1.165, 1.54) is 0 Å². The molecule has 0 bridgehead atoms. The van der Waals surface area contributed by atoms with Crippen molar-refractivity contribution in [2.24, 2.45) is 0 Å². The van der Waals surface area contributed by atoms with Crippen LogP contribution in [0.3, 0.4) is 0 Å². The number of rotatable bonds is 0. The average molecular weight is 266 g/mol. The molecule has 0 amide bonds. The molecule has 0 N–H and O–H groups in total. The summed E-state index contributed by atoms with van der Waals surface area (Å²) in [6.07, 6.45) is 0. The summed E-state index contributed by atoms with van der Waals surface area (Å²) in [6.45, 7) is 0. The zero-order chi connectivity index (χ0) is 0. The summed E-state index contributed by atoms with van der Waals surface area (Å²) < 4.78 is 0. The fraction of sp³-hybridized carbons (Fsp3) is 0. The van der Waals surface area contributed by atoms with Crippen LogP contribution in [0.5, 0.6) is 0 Å². The Morgan fingerprint density at radius 1 is 1.00 bits per heavy atom. The fourth-order valence-electron chi connectivity index (χ4n) is 0. The summed E-state index contributed by atoms with van der Waals surface area (Å²) in [6, 6.07) is 0. The minimum Gasteiger partial charge on any atom is -2.00 e. The molecule has 0 aliphatic heterocycles. The quantitative estimate of drug-likeness (QED) is 0.509. The summed E-state index contributed by atoms with van der Waals surface area (Å²) >= 11 is 0. The Labute approximate surface area is 69.8 Å². The van der Waals surface area contributed by atoms with E-state index in [1.54, 1.807) is 0 Å². The predicted octanol–water partition coefficient (Wildman–Crippen LogP) is -0.883. The Kier molecular flexibility index (Phi) is 176. The van der Waals surface area contributed by atoms with E-state index < -0.39 is 0 Å². The van der Waals surface area contributed by atoms with Crippen LogP contribution in [0.25, 0.3) is 0 Å². The second-order valence-electron chi connectivity index (χ2n) is 0. The van der Waals surface area contributed by atoms with Crippen molar-refractivity contribution in [3.8, 4) is 0 Å². The Bertz CT molecular complexity index is 8.00. The molecule has 0 aliphatic carbocycles. The van der Waals surface area contributed by atoms with Gasteiger partial charge < -0.3 is 5.48 Å². The molecule has 0 heterocycles. The molecular formula is GaInOZn+7. The molecule has 0 radical (unpaired) electrons. The largest absolute Gasteiger partial charge is 3.00 e. The van der Waals surface area contributed by atoms with E-state index in [9.17, 15) is 0 Å². The Hall–Kier alpha value is 2.09. The third kappa shape index (κ3) is 8.94. The molecule has 0 aromatic heterocycles. The molecule has 0 saturated carbocycles. The summed E-state index contributed by atoms with van der Waals surface area (Å²) in [5.74, 6) is 0. The van der Waals surface area contributed by atoms with Gasteiger partial charge in [-0.1, -0.05) is 0 Å². The Morgan fingerprint density at radius 3 is 1.00 bits per heavy atom.